The molecule has 0 fully saturated rings. The number of hydrogen-bond donors (Lipinski definition) is 3. The Morgan fingerprint density at radius 2 is 2.07 bits per heavy atom. The van der Waals surface area contributed by atoms with Gasteiger partial charge >= 0.3 is 5.97 Å². The van der Waals surface area contributed by atoms with Crippen LogP contribution in [0.3, 0.4) is 0 Å². The summed E-state index contributed by atoms with van der Waals surface area (Å²) in [4.78, 5) is 25.9. The molecule has 0 bridgehead atoms. The fourth-order valence-electron chi connectivity index (χ4n) is 2.72. The second kappa shape index (κ2) is 7.45. The van der Waals surface area contributed by atoms with Gasteiger partial charge < -0.3 is 15.4 Å². The van der Waals surface area contributed by atoms with Crippen LogP contribution in [0.5, 0.6) is 0 Å². The lowest BCUT2D eigenvalue weighted by atomic mass is 9.84. The molecule has 28 heavy (non-hydrogen) atoms. The quantitative estimate of drug-likeness (QED) is 0.567. The average molecular weight is 393 g/mol. The van der Waals surface area contributed by atoms with Gasteiger partial charge in [-0.05, 0) is 6.07 Å². The van der Waals surface area contributed by atoms with E-state index < -0.39 is 42.2 Å². The second-order valence-corrected chi connectivity index (χ2v) is 7.06. The molecule has 0 saturated heterocycles. The van der Waals surface area contributed by atoms with Gasteiger partial charge in [0, 0.05) is 28.6 Å². The van der Waals surface area contributed by atoms with Crippen molar-refractivity contribution in [2.24, 2.45) is 5.41 Å². The third-order valence-electron chi connectivity index (χ3n) is 4.46. The summed E-state index contributed by atoms with van der Waals surface area (Å²) >= 11 is 0. The van der Waals surface area contributed by atoms with Crippen LogP contribution in [0.25, 0.3) is 22.4 Å². The lowest BCUT2D eigenvalue weighted by Gasteiger charge is -2.32. The zero-order chi connectivity index (χ0) is 20.5. The van der Waals surface area contributed by atoms with E-state index in [0.717, 1.165) is 12.4 Å². The van der Waals surface area contributed by atoms with E-state index in [1.807, 2.05) is 0 Å². The van der Waals surface area contributed by atoms with E-state index in [4.69, 9.17) is 5.11 Å². The molecule has 0 amide bonds. The number of aromatic nitrogens is 4. The van der Waals surface area contributed by atoms with E-state index in [0.29, 0.717) is 16.6 Å². The summed E-state index contributed by atoms with van der Waals surface area (Å²) in [6, 6.07) is 0.322. The molecule has 0 radical (unpaired) electrons. The Bertz CT molecular complexity index is 1020. The second-order valence-electron chi connectivity index (χ2n) is 7.06. The number of nitrogens with one attached hydrogen (secondary N) is 2. The van der Waals surface area contributed by atoms with Crippen LogP contribution in [0.15, 0.2) is 24.7 Å². The molecule has 0 aromatic carbocycles. The molecule has 3 aromatic heterocycles. The molecule has 148 valence electrons. The van der Waals surface area contributed by atoms with Crippen LogP contribution >= 0.6 is 0 Å². The van der Waals surface area contributed by atoms with E-state index in [-0.39, 0.29) is 11.6 Å². The van der Waals surface area contributed by atoms with Crippen LogP contribution in [0.2, 0.25) is 0 Å². The fourth-order valence-corrected chi connectivity index (χ4v) is 2.72. The van der Waals surface area contributed by atoms with Crippen LogP contribution in [-0.2, 0) is 4.79 Å². The number of carbonyl (C=O) groups is 1. The summed E-state index contributed by atoms with van der Waals surface area (Å²) in [5, 5.41) is 12.2. The maximum Gasteiger partial charge on any atom is 0.305 e. The standard InChI is InChI=1S/C18H18F3N5O2/c1-18(2,8-19)13(4-14(27)28)25-17-12(21)7-24-16(26-17)11-6-23-15-10(11)3-9(20)5-22-15/h3,5-7,13H,4,8H2,1-2H3,(H,22,23)(H,27,28)(H,24,25,26). The highest BCUT2D eigenvalue weighted by Crippen LogP contribution is 2.30. The number of alkyl halides is 1. The van der Waals surface area contributed by atoms with E-state index in [9.17, 15) is 18.0 Å². The van der Waals surface area contributed by atoms with Gasteiger partial charge in [0.05, 0.1) is 25.5 Å². The topological polar surface area (TPSA) is 104 Å². The fraction of sp³-hybridized carbons (Fsp3) is 0.333. The number of rotatable bonds is 7. The zero-order valence-electron chi connectivity index (χ0n) is 15.1. The molecule has 1 unspecified atom stereocenters. The normalized spacial score (nSPS) is 12.9. The molecule has 0 spiro atoms. The smallest absolute Gasteiger partial charge is 0.305 e. The number of halogens is 3. The highest BCUT2D eigenvalue weighted by molar-refractivity contribution is 5.91. The lowest BCUT2D eigenvalue weighted by Crippen LogP contribution is -2.40. The van der Waals surface area contributed by atoms with Gasteiger partial charge in [0.1, 0.15) is 11.5 Å². The van der Waals surface area contributed by atoms with Crippen molar-refractivity contribution in [3.63, 3.8) is 0 Å². The number of anilines is 1. The molecule has 1 atom stereocenters. The van der Waals surface area contributed by atoms with Gasteiger partial charge in [0.2, 0.25) is 0 Å². The Morgan fingerprint density at radius 1 is 1.32 bits per heavy atom. The Balaban J connectivity index is 2.01. The largest absolute Gasteiger partial charge is 0.481 e. The van der Waals surface area contributed by atoms with Crippen molar-refractivity contribution in [2.45, 2.75) is 26.3 Å². The molecule has 3 heterocycles. The number of H-pyrrole nitrogens is 1. The number of aliphatic carboxylic acids is 1. The number of carboxylic acids is 1. The molecule has 3 rings (SSSR count). The molecule has 10 heteroatoms. The third-order valence-corrected chi connectivity index (χ3v) is 4.46. The first kappa shape index (κ1) is 19.6. The number of aromatic amines is 1. The average Bonchev–Trinajstić information content (AvgIpc) is 3.05. The van der Waals surface area contributed by atoms with Crippen LogP contribution < -0.4 is 5.32 Å². The van der Waals surface area contributed by atoms with Crippen molar-refractivity contribution in [2.75, 3.05) is 12.0 Å². The van der Waals surface area contributed by atoms with E-state index >= 15 is 0 Å². The first-order valence-corrected chi connectivity index (χ1v) is 8.41. The van der Waals surface area contributed by atoms with Gasteiger partial charge in [-0.2, -0.15) is 0 Å². The third kappa shape index (κ3) is 3.90. The molecule has 0 aliphatic heterocycles. The van der Waals surface area contributed by atoms with Crippen LogP contribution in [0, 0.1) is 17.0 Å². The number of carboxylic acid groups (broad SMARTS) is 1. The number of pyridine rings is 1. The molecule has 3 N–H and O–H groups in total. The number of fused-ring (bicyclic) bond motifs is 1. The van der Waals surface area contributed by atoms with E-state index in [1.165, 1.54) is 26.1 Å². The molecular formula is C18H18F3N5O2. The number of hydrogen-bond acceptors (Lipinski definition) is 5. The maximum absolute atomic E-state index is 14.3. The lowest BCUT2D eigenvalue weighted by molar-refractivity contribution is -0.137. The predicted octanol–water partition coefficient (Wildman–Crippen LogP) is 3.55. The van der Waals surface area contributed by atoms with E-state index in [2.05, 4.69) is 25.3 Å². The summed E-state index contributed by atoms with van der Waals surface area (Å²) in [5.74, 6) is -2.73. The van der Waals surface area contributed by atoms with Crippen LogP contribution in [-0.4, -0.2) is 43.7 Å². The minimum absolute atomic E-state index is 0.0784. The molecule has 7 nitrogen and oxygen atoms in total. The van der Waals surface area contributed by atoms with Crippen molar-refractivity contribution in [1.29, 1.82) is 0 Å². The first-order valence-electron chi connectivity index (χ1n) is 8.41. The summed E-state index contributed by atoms with van der Waals surface area (Å²) in [5.41, 5.74) is -0.283. The van der Waals surface area contributed by atoms with Crippen LogP contribution in [0.1, 0.15) is 20.3 Å². The molecule has 0 saturated carbocycles. The Morgan fingerprint density at radius 3 is 2.75 bits per heavy atom. The maximum atomic E-state index is 14.3. The van der Waals surface area contributed by atoms with Crippen LogP contribution in [0.4, 0.5) is 19.0 Å². The monoisotopic (exact) mass is 393 g/mol. The molecular weight excluding hydrogens is 375 g/mol. The molecule has 0 aliphatic carbocycles. The summed E-state index contributed by atoms with van der Waals surface area (Å²) in [6.07, 6.45) is 3.04. The van der Waals surface area contributed by atoms with Crippen molar-refractivity contribution in [1.82, 2.24) is 19.9 Å². The summed E-state index contributed by atoms with van der Waals surface area (Å²) in [7, 11) is 0. The van der Waals surface area contributed by atoms with Crippen molar-refractivity contribution >= 4 is 22.8 Å². The number of nitrogens with zero attached hydrogens (tertiary/aromatic N) is 3. The van der Waals surface area contributed by atoms with Gasteiger partial charge in [0.15, 0.2) is 17.5 Å². The van der Waals surface area contributed by atoms with E-state index in [1.54, 1.807) is 0 Å². The molecule has 3 aromatic rings. The summed E-state index contributed by atoms with van der Waals surface area (Å²) in [6.45, 7) is 2.24. The predicted molar refractivity (Wildman–Crippen MR) is 96.5 cm³/mol. The van der Waals surface area contributed by atoms with Crippen molar-refractivity contribution in [3.8, 4) is 11.4 Å². The van der Waals surface area contributed by atoms with Crippen molar-refractivity contribution < 1.29 is 23.1 Å². The van der Waals surface area contributed by atoms with Gasteiger partial charge in [-0.1, -0.05) is 13.8 Å². The van der Waals surface area contributed by atoms with Gasteiger partial charge in [-0.3, -0.25) is 9.18 Å². The first-order chi connectivity index (χ1) is 13.2. The highest BCUT2D eigenvalue weighted by Gasteiger charge is 2.32. The summed E-state index contributed by atoms with van der Waals surface area (Å²) < 4.78 is 41.2. The highest BCUT2D eigenvalue weighted by atomic mass is 19.1. The zero-order valence-corrected chi connectivity index (χ0v) is 15.1. The molecule has 0 aliphatic rings. The minimum Gasteiger partial charge on any atom is -0.481 e. The Kier molecular flexibility index (Phi) is 5.21. The van der Waals surface area contributed by atoms with Gasteiger partial charge in [-0.15, -0.1) is 0 Å². The Hall–Kier alpha value is -3.17. The van der Waals surface area contributed by atoms with Gasteiger partial charge in [-0.25, -0.2) is 23.7 Å². The van der Waals surface area contributed by atoms with Crippen molar-refractivity contribution in [3.05, 3.63) is 36.3 Å². The minimum atomic E-state index is -1.16. The van der Waals surface area contributed by atoms with Gasteiger partial charge in [0.25, 0.3) is 0 Å². The SMILES string of the molecule is CC(C)(CF)C(CC(=O)O)Nc1nc(-c2c[nH]c3ncc(F)cc23)ncc1F. The Labute approximate surface area is 158 Å².